The van der Waals surface area contributed by atoms with Crippen molar-refractivity contribution in [2.24, 2.45) is 5.10 Å². The van der Waals surface area contributed by atoms with Crippen LogP contribution in [-0.2, 0) is 22.4 Å². The lowest BCUT2D eigenvalue weighted by atomic mass is 10.2. The highest BCUT2D eigenvalue weighted by atomic mass is 35.5. The number of ether oxygens (including phenoxy) is 1. The number of nitrogens with one attached hydrogen (secondary N) is 2. The van der Waals surface area contributed by atoms with Gasteiger partial charge < -0.3 is 10.1 Å². The summed E-state index contributed by atoms with van der Waals surface area (Å²) in [6.07, 6.45) is -3.21. The topological polar surface area (TPSA) is 79.8 Å². The number of anilines is 1. The van der Waals surface area contributed by atoms with Crippen LogP contribution >= 0.6 is 23.2 Å². The fraction of sp³-hybridized carbons (Fsp3) is 0.0870. The van der Waals surface area contributed by atoms with Gasteiger partial charge in [0.1, 0.15) is 12.4 Å². The van der Waals surface area contributed by atoms with E-state index in [-0.39, 0.29) is 12.3 Å². The fourth-order valence-corrected chi connectivity index (χ4v) is 3.16. The zero-order valence-corrected chi connectivity index (χ0v) is 18.7. The van der Waals surface area contributed by atoms with Gasteiger partial charge >= 0.3 is 18.0 Å². The number of benzene rings is 3. The Labute approximate surface area is 202 Å². The molecule has 176 valence electrons. The minimum absolute atomic E-state index is 0.0283. The number of alkyl halides is 3. The Morgan fingerprint density at radius 2 is 1.59 bits per heavy atom. The summed E-state index contributed by atoms with van der Waals surface area (Å²) in [4.78, 5) is 23.8. The second kappa shape index (κ2) is 11.0. The second-order valence-corrected chi connectivity index (χ2v) is 7.60. The molecule has 0 aliphatic rings. The molecule has 0 radical (unpaired) electrons. The van der Waals surface area contributed by atoms with Crippen molar-refractivity contribution in [2.75, 3.05) is 5.32 Å². The van der Waals surface area contributed by atoms with Gasteiger partial charge in [-0.15, -0.1) is 0 Å². The van der Waals surface area contributed by atoms with Gasteiger partial charge in [-0.25, -0.2) is 5.43 Å². The minimum atomic E-state index is -4.50. The molecule has 0 unspecified atom stereocenters. The smallest absolute Gasteiger partial charge is 0.416 e. The Kier molecular flexibility index (Phi) is 8.14. The van der Waals surface area contributed by atoms with Crippen molar-refractivity contribution in [1.29, 1.82) is 0 Å². The zero-order valence-electron chi connectivity index (χ0n) is 17.2. The van der Waals surface area contributed by atoms with Gasteiger partial charge in [0.15, 0.2) is 0 Å². The summed E-state index contributed by atoms with van der Waals surface area (Å²) in [7, 11) is 0. The molecule has 6 nitrogen and oxygen atoms in total. The molecule has 0 fully saturated rings. The molecule has 0 heterocycles. The fourth-order valence-electron chi connectivity index (χ4n) is 2.66. The van der Waals surface area contributed by atoms with E-state index in [1.165, 1.54) is 6.21 Å². The molecule has 0 saturated carbocycles. The Hall–Kier alpha value is -3.56. The second-order valence-electron chi connectivity index (χ2n) is 6.79. The van der Waals surface area contributed by atoms with Gasteiger partial charge in [-0.3, -0.25) is 9.59 Å². The zero-order chi connectivity index (χ0) is 24.7. The molecule has 0 aliphatic carbocycles. The Balaban J connectivity index is 1.53. The van der Waals surface area contributed by atoms with Gasteiger partial charge in [0.2, 0.25) is 0 Å². The van der Waals surface area contributed by atoms with E-state index in [0.29, 0.717) is 26.9 Å². The van der Waals surface area contributed by atoms with Crippen LogP contribution in [0.5, 0.6) is 5.75 Å². The highest BCUT2D eigenvalue weighted by molar-refractivity contribution is 6.39. The van der Waals surface area contributed by atoms with E-state index in [4.69, 9.17) is 27.9 Å². The Morgan fingerprint density at radius 3 is 2.24 bits per heavy atom. The third-order valence-electron chi connectivity index (χ3n) is 4.36. The van der Waals surface area contributed by atoms with Crippen molar-refractivity contribution in [3.8, 4) is 5.75 Å². The van der Waals surface area contributed by atoms with E-state index in [1.807, 2.05) is 5.43 Å². The average molecular weight is 510 g/mol. The SMILES string of the molecule is O=C(N/N=C/c1cccc(OCc2c(Cl)cccc2Cl)c1)C(=O)Nc1ccc(C(F)(F)F)cc1. The van der Waals surface area contributed by atoms with Crippen molar-refractivity contribution in [3.63, 3.8) is 0 Å². The maximum absolute atomic E-state index is 12.6. The first kappa shape index (κ1) is 25.1. The van der Waals surface area contributed by atoms with E-state index in [9.17, 15) is 22.8 Å². The summed E-state index contributed by atoms with van der Waals surface area (Å²) in [6.45, 7) is 0.139. The maximum atomic E-state index is 12.6. The van der Waals surface area contributed by atoms with E-state index >= 15 is 0 Å². The van der Waals surface area contributed by atoms with Crippen molar-refractivity contribution >= 4 is 46.9 Å². The molecule has 0 atom stereocenters. The first-order chi connectivity index (χ1) is 16.1. The van der Waals surface area contributed by atoms with E-state index in [0.717, 1.165) is 24.3 Å². The molecule has 2 amide bonds. The van der Waals surface area contributed by atoms with E-state index < -0.39 is 23.6 Å². The highest BCUT2D eigenvalue weighted by Crippen LogP contribution is 2.30. The van der Waals surface area contributed by atoms with Crippen molar-refractivity contribution in [3.05, 3.63) is 93.5 Å². The van der Waals surface area contributed by atoms with E-state index in [2.05, 4.69) is 10.4 Å². The van der Waals surface area contributed by atoms with Gasteiger partial charge in [0.05, 0.1) is 11.8 Å². The predicted molar refractivity (Wildman–Crippen MR) is 123 cm³/mol. The molecule has 11 heteroatoms. The first-order valence-electron chi connectivity index (χ1n) is 9.61. The minimum Gasteiger partial charge on any atom is -0.489 e. The molecular weight excluding hydrogens is 494 g/mol. The number of hydrogen-bond acceptors (Lipinski definition) is 4. The van der Waals surface area contributed by atoms with Crippen LogP contribution in [-0.4, -0.2) is 18.0 Å². The summed E-state index contributed by atoms with van der Waals surface area (Å²) in [5.41, 5.74) is 2.39. The van der Waals surface area contributed by atoms with Crippen LogP contribution in [0.4, 0.5) is 18.9 Å². The number of carbonyl (C=O) groups is 2. The van der Waals surface area contributed by atoms with E-state index in [1.54, 1.807) is 42.5 Å². The van der Waals surface area contributed by atoms with Gasteiger partial charge in [0.25, 0.3) is 0 Å². The standard InChI is InChI=1S/C23H16Cl2F3N3O3/c24-19-5-2-6-20(25)18(19)13-34-17-4-1-3-14(11-17)12-29-31-22(33)21(32)30-16-9-7-15(8-10-16)23(26,27)28/h1-12H,13H2,(H,30,32)(H,31,33)/b29-12+. The number of halogens is 5. The van der Waals surface area contributed by atoms with Gasteiger partial charge in [0, 0.05) is 21.3 Å². The van der Waals surface area contributed by atoms with Crippen molar-refractivity contribution in [2.45, 2.75) is 12.8 Å². The van der Waals surface area contributed by atoms with Gasteiger partial charge in [-0.05, 0) is 54.1 Å². The summed E-state index contributed by atoms with van der Waals surface area (Å²) < 4.78 is 43.4. The van der Waals surface area contributed by atoms with Crippen LogP contribution in [0.2, 0.25) is 10.0 Å². The molecule has 0 spiro atoms. The molecule has 3 aromatic carbocycles. The molecule has 0 saturated heterocycles. The van der Waals surface area contributed by atoms with Crippen molar-refractivity contribution < 1.29 is 27.5 Å². The molecule has 3 aromatic rings. The molecule has 0 bridgehead atoms. The largest absolute Gasteiger partial charge is 0.489 e. The maximum Gasteiger partial charge on any atom is 0.416 e. The number of rotatable bonds is 6. The lowest BCUT2D eigenvalue weighted by Crippen LogP contribution is -2.32. The lowest BCUT2D eigenvalue weighted by molar-refractivity contribution is -0.137. The number of amides is 2. The highest BCUT2D eigenvalue weighted by Gasteiger charge is 2.30. The normalized spacial score (nSPS) is 11.3. The van der Waals surface area contributed by atoms with Crippen molar-refractivity contribution in [1.82, 2.24) is 5.43 Å². The van der Waals surface area contributed by atoms with Gasteiger partial charge in [-0.1, -0.05) is 41.4 Å². The molecule has 0 aromatic heterocycles. The molecule has 3 rings (SSSR count). The van der Waals surface area contributed by atoms with Gasteiger partial charge in [-0.2, -0.15) is 18.3 Å². The van der Waals surface area contributed by atoms with Crippen LogP contribution < -0.4 is 15.5 Å². The molecule has 2 N–H and O–H groups in total. The number of hydrazone groups is 1. The lowest BCUT2D eigenvalue weighted by Gasteiger charge is -2.10. The Morgan fingerprint density at radius 1 is 0.941 bits per heavy atom. The van der Waals surface area contributed by atoms with Crippen LogP contribution in [0.15, 0.2) is 71.8 Å². The average Bonchev–Trinajstić information content (AvgIpc) is 2.79. The predicted octanol–water partition coefficient (Wildman–Crippen LogP) is 5.68. The third-order valence-corrected chi connectivity index (χ3v) is 5.07. The summed E-state index contributed by atoms with van der Waals surface area (Å²) in [6, 6.07) is 15.5. The molecular formula is C23H16Cl2F3N3O3. The summed E-state index contributed by atoms with van der Waals surface area (Å²) in [5.74, 6) is -1.70. The number of carbonyl (C=O) groups excluding carboxylic acids is 2. The quantitative estimate of drug-likeness (QED) is 0.255. The van der Waals surface area contributed by atoms with Crippen LogP contribution in [0.25, 0.3) is 0 Å². The van der Waals surface area contributed by atoms with Crippen LogP contribution in [0.1, 0.15) is 16.7 Å². The summed E-state index contributed by atoms with van der Waals surface area (Å²) in [5, 5.41) is 6.84. The Bertz CT molecular complexity index is 1200. The summed E-state index contributed by atoms with van der Waals surface area (Å²) >= 11 is 12.2. The number of nitrogens with zero attached hydrogens (tertiary/aromatic N) is 1. The van der Waals surface area contributed by atoms with Crippen LogP contribution in [0.3, 0.4) is 0 Å². The third kappa shape index (κ3) is 6.97. The van der Waals surface area contributed by atoms with Crippen LogP contribution in [0, 0.1) is 0 Å². The molecule has 34 heavy (non-hydrogen) atoms. The monoisotopic (exact) mass is 509 g/mol. The first-order valence-corrected chi connectivity index (χ1v) is 10.4. The molecule has 0 aliphatic heterocycles. The number of hydrogen-bond donors (Lipinski definition) is 2.